The van der Waals surface area contributed by atoms with Crippen molar-refractivity contribution >= 4 is 27.8 Å². The number of amides is 1. The van der Waals surface area contributed by atoms with Gasteiger partial charge in [-0.15, -0.1) is 0 Å². The first-order valence-electron chi connectivity index (χ1n) is 5.75. The summed E-state index contributed by atoms with van der Waals surface area (Å²) in [5, 5.41) is 9.31. The van der Waals surface area contributed by atoms with Crippen LogP contribution in [0.15, 0.2) is 28.7 Å². The molecule has 2 unspecified atom stereocenters. The number of carbonyl (C=O) groups is 2. The standard InChI is InChI=1S/C13H14BrNO3/c1-15-11(16)7-6-9(13(17)18)12(15)8-4-2-3-5-10(8)14/h2-5,9,12H,6-7H2,1H3,(H,17,18). The van der Waals surface area contributed by atoms with E-state index in [1.165, 1.54) is 0 Å². The van der Waals surface area contributed by atoms with E-state index in [2.05, 4.69) is 15.9 Å². The SMILES string of the molecule is CN1C(=O)CCC(C(=O)O)C1c1ccccc1Br. The van der Waals surface area contributed by atoms with Crippen LogP contribution in [-0.4, -0.2) is 28.9 Å². The number of hydrogen-bond donors (Lipinski definition) is 1. The van der Waals surface area contributed by atoms with Gasteiger partial charge in [-0.25, -0.2) is 0 Å². The molecule has 0 radical (unpaired) electrons. The molecule has 1 aliphatic rings. The number of carbonyl (C=O) groups excluding carboxylic acids is 1. The molecule has 5 heteroatoms. The number of benzene rings is 1. The molecule has 0 aromatic heterocycles. The van der Waals surface area contributed by atoms with Crippen molar-refractivity contribution in [2.45, 2.75) is 18.9 Å². The Labute approximate surface area is 114 Å². The number of likely N-dealkylation sites (tertiary alicyclic amines) is 1. The summed E-state index contributed by atoms with van der Waals surface area (Å²) in [6.07, 6.45) is 0.693. The molecule has 18 heavy (non-hydrogen) atoms. The van der Waals surface area contributed by atoms with Crippen LogP contribution in [0.1, 0.15) is 24.4 Å². The van der Waals surface area contributed by atoms with Crippen LogP contribution in [0.2, 0.25) is 0 Å². The lowest BCUT2D eigenvalue weighted by atomic mass is 9.85. The van der Waals surface area contributed by atoms with Crippen LogP contribution >= 0.6 is 15.9 Å². The zero-order chi connectivity index (χ0) is 13.3. The molecule has 1 aliphatic heterocycles. The molecular formula is C13H14BrNO3. The first-order valence-corrected chi connectivity index (χ1v) is 6.54. The van der Waals surface area contributed by atoms with Crippen molar-refractivity contribution in [3.63, 3.8) is 0 Å². The van der Waals surface area contributed by atoms with Crippen LogP contribution < -0.4 is 0 Å². The third-order valence-corrected chi connectivity index (χ3v) is 4.12. The van der Waals surface area contributed by atoms with E-state index >= 15 is 0 Å². The molecule has 0 spiro atoms. The van der Waals surface area contributed by atoms with Crippen molar-refractivity contribution in [1.82, 2.24) is 4.90 Å². The van der Waals surface area contributed by atoms with E-state index in [0.717, 1.165) is 10.0 Å². The average molecular weight is 312 g/mol. The van der Waals surface area contributed by atoms with Crippen LogP contribution in [0.5, 0.6) is 0 Å². The van der Waals surface area contributed by atoms with Crippen molar-refractivity contribution in [3.8, 4) is 0 Å². The van der Waals surface area contributed by atoms with Crippen LogP contribution in [0, 0.1) is 5.92 Å². The van der Waals surface area contributed by atoms with Crippen molar-refractivity contribution in [1.29, 1.82) is 0 Å². The minimum atomic E-state index is -0.852. The van der Waals surface area contributed by atoms with E-state index in [-0.39, 0.29) is 5.91 Å². The number of aliphatic carboxylic acids is 1. The lowest BCUT2D eigenvalue weighted by molar-refractivity contribution is -0.150. The van der Waals surface area contributed by atoms with Crippen LogP contribution in [0.25, 0.3) is 0 Å². The van der Waals surface area contributed by atoms with Crippen LogP contribution in [0.4, 0.5) is 0 Å². The number of carboxylic acid groups (broad SMARTS) is 1. The number of hydrogen-bond acceptors (Lipinski definition) is 2. The van der Waals surface area contributed by atoms with Crippen molar-refractivity contribution < 1.29 is 14.7 Å². The quantitative estimate of drug-likeness (QED) is 0.912. The Morgan fingerprint density at radius 3 is 2.72 bits per heavy atom. The molecule has 1 saturated heterocycles. The van der Waals surface area contributed by atoms with Crippen molar-refractivity contribution in [2.75, 3.05) is 7.05 Å². The average Bonchev–Trinajstić information content (AvgIpc) is 2.33. The highest BCUT2D eigenvalue weighted by Crippen LogP contribution is 2.38. The number of rotatable bonds is 2. The maximum absolute atomic E-state index is 11.8. The number of nitrogens with zero attached hydrogens (tertiary/aromatic N) is 1. The number of carboxylic acids is 1. The van der Waals surface area contributed by atoms with Gasteiger partial charge in [-0.3, -0.25) is 9.59 Å². The van der Waals surface area contributed by atoms with Gasteiger partial charge in [0.05, 0.1) is 12.0 Å². The minimum absolute atomic E-state index is 0.00625. The first-order chi connectivity index (χ1) is 8.52. The summed E-state index contributed by atoms with van der Waals surface area (Å²) in [6, 6.07) is 7.04. The number of halogens is 1. The van der Waals surface area contributed by atoms with Gasteiger partial charge in [-0.1, -0.05) is 34.1 Å². The van der Waals surface area contributed by atoms with E-state index in [0.29, 0.717) is 12.8 Å². The Morgan fingerprint density at radius 1 is 1.44 bits per heavy atom. The van der Waals surface area contributed by atoms with Gasteiger partial charge >= 0.3 is 5.97 Å². The fourth-order valence-corrected chi connectivity index (χ4v) is 2.96. The Balaban J connectivity index is 2.44. The maximum Gasteiger partial charge on any atom is 0.308 e. The molecule has 4 nitrogen and oxygen atoms in total. The molecule has 1 amide bonds. The molecule has 1 aromatic carbocycles. The highest BCUT2D eigenvalue weighted by atomic mass is 79.9. The van der Waals surface area contributed by atoms with Crippen LogP contribution in [-0.2, 0) is 9.59 Å². The van der Waals surface area contributed by atoms with E-state index in [4.69, 9.17) is 0 Å². The summed E-state index contributed by atoms with van der Waals surface area (Å²) in [5.74, 6) is -1.41. The molecule has 0 bridgehead atoms. The van der Waals surface area contributed by atoms with Gasteiger partial charge in [-0.2, -0.15) is 0 Å². The fraction of sp³-hybridized carbons (Fsp3) is 0.385. The molecule has 0 saturated carbocycles. The van der Waals surface area contributed by atoms with Crippen LogP contribution in [0.3, 0.4) is 0 Å². The summed E-state index contributed by atoms with van der Waals surface area (Å²) < 4.78 is 0.836. The topological polar surface area (TPSA) is 57.6 Å². The molecule has 2 atom stereocenters. The molecule has 96 valence electrons. The second kappa shape index (κ2) is 5.10. The molecule has 2 rings (SSSR count). The first kappa shape index (κ1) is 13.1. The third kappa shape index (κ3) is 2.27. The molecule has 1 aromatic rings. The normalized spacial score (nSPS) is 24.1. The zero-order valence-electron chi connectivity index (χ0n) is 9.97. The third-order valence-electron chi connectivity index (χ3n) is 3.40. The molecular weight excluding hydrogens is 298 g/mol. The van der Waals surface area contributed by atoms with E-state index in [1.807, 2.05) is 24.3 Å². The van der Waals surface area contributed by atoms with E-state index < -0.39 is 17.9 Å². The number of piperidine rings is 1. The predicted molar refractivity (Wildman–Crippen MR) is 70.0 cm³/mol. The Kier molecular flexibility index (Phi) is 3.71. The van der Waals surface area contributed by atoms with Gasteiger partial charge in [0, 0.05) is 17.9 Å². The van der Waals surface area contributed by atoms with Gasteiger partial charge < -0.3 is 10.0 Å². The van der Waals surface area contributed by atoms with E-state index in [1.54, 1.807) is 11.9 Å². The lowest BCUT2D eigenvalue weighted by Crippen LogP contribution is -2.43. The summed E-state index contributed by atoms with van der Waals surface area (Å²) in [5.41, 5.74) is 0.848. The van der Waals surface area contributed by atoms with Gasteiger partial charge in [0.1, 0.15) is 0 Å². The van der Waals surface area contributed by atoms with Gasteiger partial charge in [0.15, 0.2) is 0 Å². The van der Waals surface area contributed by atoms with E-state index in [9.17, 15) is 14.7 Å². The Morgan fingerprint density at radius 2 is 2.11 bits per heavy atom. The highest BCUT2D eigenvalue weighted by molar-refractivity contribution is 9.10. The predicted octanol–water partition coefficient (Wildman–Crippen LogP) is 2.44. The summed E-state index contributed by atoms with van der Waals surface area (Å²) in [6.45, 7) is 0. The summed E-state index contributed by atoms with van der Waals surface area (Å²) in [7, 11) is 1.67. The summed E-state index contributed by atoms with van der Waals surface area (Å²) in [4.78, 5) is 24.7. The van der Waals surface area contributed by atoms with Gasteiger partial charge in [-0.05, 0) is 18.1 Å². The minimum Gasteiger partial charge on any atom is -0.481 e. The van der Waals surface area contributed by atoms with Gasteiger partial charge in [0.25, 0.3) is 0 Å². The maximum atomic E-state index is 11.8. The second-order valence-corrected chi connectivity index (χ2v) is 5.31. The fourth-order valence-electron chi connectivity index (χ4n) is 2.44. The summed E-state index contributed by atoms with van der Waals surface area (Å²) >= 11 is 3.42. The van der Waals surface area contributed by atoms with Crippen molar-refractivity contribution in [3.05, 3.63) is 34.3 Å². The highest BCUT2D eigenvalue weighted by Gasteiger charge is 2.39. The monoisotopic (exact) mass is 311 g/mol. The Bertz CT molecular complexity index is 489. The Hall–Kier alpha value is -1.36. The smallest absolute Gasteiger partial charge is 0.308 e. The largest absolute Gasteiger partial charge is 0.481 e. The zero-order valence-corrected chi connectivity index (χ0v) is 11.6. The molecule has 1 N–H and O–H groups in total. The molecule has 0 aliphatic carbocycles. The van der Waals surface area contributed by atoms with Gasteiger partial charge in [0.2, 0.25) is 5.91 Å². The molecule has 1 fully saturated rings. The lowest BCUT2D eigenvalue weighted by Gasteiger charge is -2.37. The van der Waals surface area contributed by atoms with Crippen molar-refractivity contribution in [2.24, 2.45) is 5.92 Å². The second-order valence-electron chi connectivity index (χ2n) is 4.45. The molecule has 1 heterocycles.